The van der Waals surface area contributed by atoms with Crippen molar-refractivity contribution in [3.05, 3.63) is 77.8 Å². The minimum Gasteiger partial charge on any atom is -0.459 e. The van der Waals surface area contributed by atoms with E-state index in [0.29, 0.717) is 17.3 Å². The van der Waals surface area contributed by atoms with E-state index in [1.165, 1.54) is 24.5 Å². The normalized spacial score (nSPS) is 15.6. The van der Waals surface area contributed by atoms with Gasteiger partial charge in [0.1, 0.15) is 17.3 Å². The molecular weight excluding hydrogens is 313 g/mol. The molecule has 0 aliphatic carbocycles. The number of nitrogens with zero attached hydrogens (tertiary/aromatic N) is 1. The van der Waals surface area contributed by atoms with Crippen molar-refractivity contribution in [3.63, 3.8) is 0 Å². The Kier molecular flexibility index (Phi) is 3.35. The van der Waals surface area contributed by atoms with Gasteiger partial charge in [-0.1, -0.05) is 0 Å². The molecule has 6 heteroatoms. The molecule has 1 aromatic carbocycles. The smallest absolute Gasteiger partial charge is 0.364 e. The Balaban J connectivity index is 1.62. The Morgan fingerprint density at radius 3 is 2.58 bits per heavy atom. The van der Waals surface area contributed by atoms with Gasteiger partial charge in [0.2, 0.25) is 0 Å². The van der Waals surface area contributed by atoms with Crippen molar-refractivity contribution in [2.75, 3.05) is 0 Å². The summed E-state index contributed by atoms with van der Waals surface area (Å²) < 4.78 is 28.8. The fourth-order valence-corrected chi connectivity index (χ4v) is 2.25. The molecule has 1 aliphatic heterocycles. The van der Waals surface area contributed by atoms with E-state index < -0.39 is 5.97 Å². The fourth-order valence-electron chi connectivity index (χ4n) is 2.25. The van der Waals surface area contributed by atoms with Crippen LogP contribution >= 0.6 is 0 Å². The zero-order valence-electron chi connectivity index (χ0n) is 12.2. The average molecular weight is 323 g/mol. The summed E-state index contributed by atoms with van der Waals surface area (Å²) in [6.45, 7) is 0. The molecule has 4 rings (SSSR count). The summed E-state index contributed by atoms with van der Waals surface area (Å²) in [5, 5.41) is 0. The molecule has 1 aliphatic rings. The Bertz CT molecular complexity index is 949. The second kappa shape index (κ2) is 5.66. The predicted molar refractivity (Wildman–Crippen MR) is 83.4 cm³/mol. The number of carbonyl (C=O) groups excluding carboxylic acids is 1. The molecule has 3 heterocycles. The van der Waals surface area contributed by atoms with Crippen LogP contribution in [0.5, 0.6) is 0 Å². The third-order valence-electron chi connectivity index (χ3n) is 3.39. The van der Waals surface area contributed by atoms with Crippen LogP contribution in [0.4, 0.5) is 4.39 Å². The number of ether oxygens (including phenoxy) is 1. The summed E-state index contributed by atoms with van der Waals surface area (Å²) >= 11 is 0. The van der Waals surface area contributed by atoms with E-state index in [-0.39, 0.29) is 17.4 Å². The highest BCUT2D eigenvalue weighted by molar-refractivity contribution is 6.11. The van der Waals surface area contributed by atoms with Gasteiger partial charge in [-0.3, -0.25) is 0 Å². The summed E-state index contributed by atoms with van der Waals surface area (Å²) in [5.41, 5.74) is 0.844. The standard InChI is InChI=1S/C18H10FNO4/c19-12-5-3-11(4-6-12)15-8-7-13(23-15)10-14-18(21)24-17(20-14)16-2-1-9-22-16/h1-10H/b14-10+. The first-order chi connectivity index (χ1) is 11.7. The molecule has 0 bridgehead atoms. The highest BCUT2D eigenvalue weighted by atomic mass is 19.1. The monoisotopic (exact) mass is 323 g/mol. The molecule has 0 unspecified atom stereocenters. The predicted octanol–water partition coefficient (Wildman–Crippen LogP) is 4.02. The lowest BCUT2D eigenvalue weighted by atomic mass is 10.2. The number of aliphatic imine (C=N–C) groups is 1. The van der Waals surface area contributed by atoms with Crippen LogP contribution in [-0.2, 0) is 9.53 Å². The van der Waals surface area contributed by atoms with Gasteiger partial charge in [-0.15, -0.1) is 0 Å². The van der Waals surface area contributed by atoms with Crippen LogP contribution in [0.25, 0.3) is 17.4 Å². The molecule has 0 amide bonds. The summed E-state index contributed by atoms with van der Waals surface area (Å²) in [5.74, 6) is 0.580. The lowest BCUT2D eigenvalue weighted by Crippen LogP contribution is -2.04. The van der Waals surface area contributed by atoms with Crippen molar-refractivity contribution in [2.24, 2.45) is 4.99 Å². The zero-order chi connectivity index (χ0) is 16.5. The first kappa shape index (κ1) is 14.2. The second-order valence-corrected chi connectivity index (χ2v) is 5.02. The summed E-state index contributed by atoms with van der Waals surface area (Å²) in [7, 11) is 0. The van der Waals surface area contributed by atoms with Gasteiger partial charge in [0.15, 0.2) is 11.5 Å². The van der Waals surface area contributed by atoms with Gasteiger partial charge in [-0.2, -0.15) is 0 Å². The van der Waals surface area contributed by atoms with Crippen LogP contribution in [0, 0.1) is 5.82 Å². The number of esters is 1. The van der Waals surface area contributed by atoms with Gasteiger partial charge in [0, 0.05) is 11.6 Å². The highest BCUT2D eigenvalue weighted by Gasteiger charge is 2.26. The van der Waals surface area contributed by atoms with Gasteiger partial charge in [0.05, 0.1) is 6.26 Å². The van der Waals surface area contributed by atoms with Crippen molar-refractivity contribution < 1.29 is 22.8 Å². The number of furan rings is 2. The summed E-state index contributed by atoms with van der Waals surface area (Å²) in [4.78, 5) is 16.0. The van der Waals surface area contributed by atoms with Gasteiger partial charge >= 0.3 is 5.97 Å². The van der Waals surface area contributed by atoms with Gasteiger partial charge in [-0.05, 0) is 48.5 Å². The maximum Gasteiger partial charge on any atom is 0.364 e. The number of cyclic esters (lactones) is 1. The Hall–Kier alpha value is -3.41. The molecule has 0 radical (unpaired) electrons. The number of carbonyl (C=O) groups is 1. The molecule has 3 aromatic rings. The van der Waals surface area contributed by atoms with Crippen molar-refractivity contribution in [3.8, 4) is 11.3 Å². The number of hydrogen-bond donors (Lipinski definition) is 0. The third-order valence-corrected chi connectivity index (χ3v) is 3.39. The minimum absolute atomic E-state index is 0.112. The van der Waals surface area contributed by atoms with E-state index in [1.807, 2.05) is 0 Å². The topological polar surface area (TPSA) is 64.9 Å². The molecule has 0 N–H and O–H groups in total. The molecule has 2 aromatic heterocycles. The lowest BCUT2D eigenvalue weighted by molar-refractivity contribution is -0.130. The molecular formula is C18H10FNO4. The summed E-state index contributed by atoms with van der Waals surface area (Å²) in [6.07, 6.45) is 2.94. The second-order valence-electron chi connectivity index (χ2n) is 5.02. The van der Waals surface area contributed by atoms with Crippen LogP contribution in [0.15, 0.2) is 74.3 Å². The molecule has 0 atom stereocenters. The van der Waals surface area contributed by atoms with E-state index in [0.717, 1.165) is 5.56 Å². The molecule has 0 fully saturated rings. The molecule has 0 saturated carbocycles. The Morgan fingerprint density at radius 2 is 1.83 bits per heavy atom. The SMILES string of the molecule is O=C1OC(c2ccco2)=N/C1=C/c1ccc(-c2ccc(F)cc2)o1. The van der Waals surface area contributed by atoms with Crippen LogP contribution in [0.1, 0.15) is 11.5 Å². The van der Waals surface area contributed by atoms with Crippen molar-refractivity contribution in [2.45, 2.75) is 0 Å². The van der Waals surface area contributed by atoms with E-state index in [4.69, 9.17) is 13.6 Å². The maximum atomic E-state index is 13.0. The van der Waals surface area contributed by atoms with Gasteiger partial charge in [0.25, 0.3) is 5.90 Å². The van der Waals surface area contributed by atoms with E-state index in [9.17, 15) is 9.18 Å². The van der Waals surface area contributed by atoms with Crippen LogP contribution in [-0.4, -0.2) is 11.9 Å². The fraction of sp³-hybridized carbons (Fsp3) is 0. The number of hydrogen-bond acceptors (Lipinski definition) is 5. The number of rotatable bonds is 3. The van der Waals surface area contributed by atoms with Gasteiger partial charge < -0.3 is 13.6 Å². The van der Waals surface area contributed by atoms with E-state index in [2.05, 4.69) is 4.99 Å². The largest absolute Gasteiger partial charge is 0.459 e. The third kappa shape index (κ3) is 2.65. The van der Waals surface area contributed by atoms with E-state index in [1.54, 1.807) is 36.4 Å². The van der Waals surface area contributed by atoms with Crippen LogP contribution < -0.4 is 0 Å². The van der Waals surface area contributed by atoms with Crippen LogP contribution in [0.3, 0.4) is 0 Å². The Labute approximate surface area is 135 Å². The first-order valence-electron chi connectivity index (χ1n) is 7.11. The zero-order valence-corrected chi connectivity index (χ0v) is 12.2. The first-order valence-corrected chi connectivity index (χ1v) is 7.11. The molecule has 0 saturated heterocycles. The Morgan fingerprint density at radius 1 is 1.00 bits per heavy atom. The quantitative estimate of drug-likeness (QED) is 0.539. The van der Waals surface area contributed by atoms with E-state index >= 15 is 0 Å². The summed E-state index contributed by atoms with van der Waals surface area (Å²) in [6, 6.07) is 12.7. The lowest BCUT2D eigenvalue weighted by Gasteiger charge is -1.96. The maximum absolute atomic E-state index is 13.0. The van der Waals surface area contributed by atoms with Crippen molar-refractivity contribution in [1.82, 2.24) is 0 Å². The number of benzene rings is 1. The van der Waals surface area contributed by atoms with Gasteiger partial charge in [-0.25, -0.2) is 14.2 Å². The molecule has 5 nitrogen and oxygen atoms in total. The van der Waals surface area contributed by atoms with Crippen LogP contribution in [0.2, 0.25) is 0 Å². The number of halogens is 1. The van der Waals surface area contributed by atoms with Crippen molar-refractivity contribution in [1.29, 1.82) is 0 Å². The van der Waals surface area contributed by atoms with Crippen molar-refractivity contribution >= 4 is 17.9 Å². The average Bonchev–Trinajstić information content (AvgIpc) is 3.31. The minimum atomic E-state index is -0.582. The highest BCUT2D eigenvalue weighted by Crippen LogP contribution is 2.25. The molecule has 0 spiro atoms. The molecule has 118 valence electrons. The molecule has 24 heavy (non-hydrogen) atoms.